The van der Waals surface area contributed by atoms with E-state index in [1.165, 1.54) is 0 Å². The van der Waals surface area contributed by atoms with Gasteiger partial charge in [0.05, 0.1) is 24.9 Å². The fourth-order valence-electron chi connectivity index (χ4n) is 0.536. The van der Waals surface area contributed by atoms with Crippen LogP contribution in [0.3, 0.4) is 0 Å². The summed E-state index contributed by atoms with van der Waals surface area (Å²) in [5.74, 6) is 0. The molecule has 0 bridgehead atoms. The van der Waals surface area contributed by atoms with Gasteiger partial charge in [-0.25, -0.2) is 4.99 Å². The predicted octanol–water partition coefficient (Wildman–Crippen LogP) is 1.14. The standard InChI is InChI=1S/C7H13NO2S/c1-9-5-6-10-4-2-3-8-7-11/h2-6H2,1H3. The smallest absolute Gasteiger partial charge is 0.0700 e. The molecule has 0 saturated heterocycles. The van der Waals surface area contributed by atoms with Crippen LogP contribution in [0.2, 0.25) is 0 Å². The summed E-state index contributed by atoms with van der Waals surface area (Å²) in [5, 5.41) is 2.30. The summed E-state index contributed by atoms with van der Waals surface area (Å²) < 4.78 is 9.97. The molecule has 0 amide bonds. The van der Waals surface area contributed by atoms with Gasteiger partial charge in [0.1, 0.15) is 0 Å². The maximum absolute atomic E-state index is 5.17. The number of ether oxygens (including phenoxy) is 2. The highest BCUT2D eigenvalue weighted by atomic mass is 32.1. The van der Waals surface area contributed by atoms with Crippen molar-refractivity contribution in [2.24, 2.45) is 4.99 Å². The average Bonchev–Trinajstić information content (AvgIpc) is 2.03. The minimum Gasteiger partial charge on any atom is -0.382 e. The molecule has 0 spiro atoms. The van der Waals surface area contributed by atoms with Gasteiger partial charge in [0.15, 0.2) is 0 Å². The first-order valence-electron chi connectivity index (χ1n) is 3.52. The molecule has 64 valence electrons. The zero-order valence-corrected chi connectivity index (χ0v) is 7.52. The van der Waals surface area contributed by atoms with E-state index in [9.17, 15) is 0 Å². The lowest BCUT2D eigenvalue weighted by Crippen LogP contribution is -2.03. The van der Waals surface area contributed by atoms with Crippen molar-refractivity contribution in [3.63, 3.8) is 0 Å². The van der Waals surface area contributed by atoms with Crippen LogP contribution in [0.5, 0.6) is 0 Å². The normalized spacial score (nSPS) is 9.18. The lowest BCUT2D eigenvalue weighted by atomic mass is 10.5. The third kappa shape index (κ3) is 9.72. The molecule has 0 aromatic carbocycles. The summed E-state index contributed by atoms with van der Waals surface area (Å²) in [6.45, 7) is 2.72. The van der Waals surface area contributed by atoms with Crippen LogP contribution < -0.4 is 0 Å². The quantitative estimate of drug-likeness (QED) is 0.330. The van der Waals surface area contributed by atoms with Crippen LogP contribution in [0.1, 0.15) is 6.42 Å². The molecule has 0 saturated carbocycles. The van der Waals surface area contributed by atoms with Crippen LogP contribution >= 0.6 is 12.2 Å². The third-order valence-corrected chi connectivity index (χ3v) is 1.18. The van der Waals surface area contributed by atoms with Crippen molar-refractivity contribution >= 4 is 17.4 Å². The van der Waals surface area contributed by atoms with Crippen molar-refractivity contribution in [2.45, 2.75) is 6.42 Å². The topological polar surface area (TPSA) is 30.8 Å². The Kier molecular flexibility index (Phi) is 9.47. The molecule has 0 unspecified atom stereocenters. The minimum atomic E-state index is 0.649. The average molecular weight is 175 g/mol. The van der Waals surface area contributed by atoms with Gasteiger partial charge in [-0.1, -0.05) is 0 Å². The van der Waals surface area contributed by atoms with E-state index in [0.717, 1.165) is 6.42 Å². The van der Waals surface area contributed by atoms with E-state index >= 15 is 0 Å². The first-order valence-corrected chi connectivity index (χ1v) is 3.93. The summed E-state index contributed by atoms with van der Waals surface area (Å²) in [5.41, 5.74) is 0. The fourth-order valence-corrected chi connectivity index (χ4v) is 0.627. The maximum atomic E-state index is 5.17. The molecule has 3 nitrogen and oxygen atoms in total. The van der Waals surface area contributed by atoms with Gasteiger partial charge in [-0.15, -0.1) is 0 Å². The van der Waals surface area contributed by atoms with Crippen molar-refractivity contribution in [1.82, 2.24) is 0 Å². The van der Waals surface area contributed by atoms with Crippen LogP contribution in [0.25, 0.3) is 0 Å². The van der Waals surface area contributed by atoms with E-state index in [2.05, 4.69) is 22.4 Å². The van der Waals surface area contributed by atoms with E-state index in [4.69, 9.17) is 9.47 Å². The molecule has 0 aliphatic carbocycles. The molecule has 0 aliphatic rings. The second kappa shape index (κ2) is 9.72. The number of hydrogen-bond donors (Lipinski definition) is 0. The molecule has 0 heterocycles. The Morgan fingerprint density at radius 1 is 1.36 bits per heavy atom. The Bertz CT molecular complexity index is 124. The monoisotopic (exact) mass is 175 g/mol. The van der Waals surface area contributed by atoms with Crippen molar-refractivity contribution in [3.8, 4) is 0 Å². The van der Waals surface area contributed by atoms with E-state index in [1.807, 2.05) is 0 Å². The van der Waals surface area contributed by atoms with Gasteiger partial charge < -0.3 is 9.47 Å². The highest BCUT2D eigenvalue weighted by Crippen LogP contribution is 1.83. The number of nitrogens with zero attached hydrogens (tertiary/aromatic N) is 1. The summed E-state index contributed by atoms with van der Waals surface area (Å²) in [4.78, 5) is 3.74. The van der Waals surface area contributed by atoms with Gasteiger partial charge in [0.2, 0.25) is 0 Å². The molecule has 0 aromatic heterocycles. The predicted molar refractivity (Wildman–Crippen MR) is 47.2 cm³/mol. The van der Waals surface area contributed by atoms with Gasteiger partial charge in [-0.3, -0.25) is 0 Å². The maximum Gasteiger partial charge on any atom is 0.0700 e. The van der Waals surface area contributed by atoms with Gasteiger partial charge >= 0.3 is 0 Å². The molecule has 11 heavy (non-hydrogen) atoms. The number of methoxy groups -OCH3 is 1. The van der Waals surface area contributed by atoms with E-state index < -0.39 is 0 Å². The number of thiocarbonyl (C=S) groups is 1. The number of hydrogen-bond acceptors (Lipinski definition) is 4. The second-order valence-electron chi connectivity index (χ2n) is 1.93. The number of isothiocyanates is 1. The molecule has 0 rings (SSSR count). The molecule has 0 aromatic rings. The van der Waals surface area contributed by atoms with Crippen molar-refractivity contribution in [3.05, 3.63) is 0 Å². The van der Waals surface area contributed by atoms with Crippen LogP contribution in [0.15, 0.2) is 4.99 Å². The Balaban J connectivity index is 2.84. The van der Waals surface area contributed by atoms with E-state index in [1.54, 1.807) is 7.11 Å². The molecule has 0 N–H and O–H groups in total. The third-order valence-electron chi connectivity index (χ3n) is 1.05. The largest absolute Gasteiger partial charge is 0.382 e. The molecule has 4 heteroatoms. The molecular formula is C7H13NO2S. The Morgan fingerprint density at radius 2 is 2.18 bits per heavy atom. The van der Waals surface area contributed by atoms with E-state index in [-0.39, 0.29) is 0 Å². The molecule has 0 radical (unpaired) electrons. The van der Waals surface area contributed by atoms with E-state index in [0.29, 0.717) is 26.4 Å². The lowest BCUT2D eigenvalue weighted by Gasteiger charge is -2.00. The lowest BCUT2D eigenvalue weighted by molar-refractivity contribution is 0.0703. The van der Waals surface area contributed by atoms with Gasteiger partial charge in [0, 0.05) is 13.7 Å². The second-order valence-corrected chi connectivity index (χ2v) is 2.11. The molecule has 0 fully saturated rings. The van der Waals surface area contributed by atoms with Gasteiger partial charge in [0.25, 0.3) is 0 Å². The summed E-state index contributed by atoms with van der Waals surface area (Å²) in [6.07, 6.45) is 0.896. The highest BCUT2D eigenvalue weighted by Gasteiger charge is 1.86. The summed E-state index contributed by atoms with van der Waals surface area (Å²) >= 11 is 4.39. The van der Waals surface area contributed by atoms with Gasteiger partial charge in [-0.2, -0.15) is 0 Å². The Hall–Kier alpha value is -0.280. The molecule has 0 atom stereocenters. The Labute approximate surface area is 72.4 Å². The summed E-state index contributed by atoms with van der Waals surface area (Å²) in [6, 6.07) is 0. The van der Waals surface area contributed by atoms with Gasteiger partial charge in [-0.05, 0) is 18.6 Å². The zero-order valence-electron chi connectivity index (χ0n) is 6.71. The Morgan fingerprint density at radius 3 is 2.82 bits per heavy atom. The molecular weight excluding hydrogens is 162 g/mol. The number of rotatable bonds is 7. The molecule has 0 aliphatic heterocycles. The SMILES string of the molecule is COCCOCCCN=C=S. The van der Waals surface area contributed by atoms with Crippen LogP contribution in [-0.2, 0) is 9.47 Å². The van der Waals surface area contributed by atoms with Crippen molar-refractivity contribution < 1.29 is 9.47 Å². The fraction of sp³-hybridized carbons (Fsp3) is 0.857. The summed E-state index contributed by atoms with van der Waals surface area (Å²) in [7, 11) is 1.65. The first kappa shape index (κ1) is 10.7. The number of aliphatic imine (C=N–C) groups is 1. The van der Waals surface area contributed by atoms with Crippen LogP contribution in [0, 0.1) is 0 Å². The minimum absolute atomic E-state index is 0.649. The highest BCUT2D eigenvalue weighted by molar-refractivity contribution is 7.78. The van der Waals surface area contributed by atoms with Crippen molar-refractivity contribution in [1.29, 1.82) is 0 Å². The van der Waals surface area contributed by atoms with Crippen LogP contribution in [-0.4, -0.2) is 38.6 Å². The van der Waals surface area contributed by atoms with Crippen LogP contribution in [0.4, 0.5) is 0 Å². The zero-order chi connectivity index (χ0) is 8.36. The van der Waals surface area contributed by atoms with Crippen molar-refractivity contribution in [2.75, 3.05) is 33.5 Å². The first-order chi connectivity index (χ1) is 5.41.